The van der Waals surface area contributed by atoms with Crippen LogP contribution in [-0.2, 0) is 16.4 Å². The molecule has 0 radical (unpaired) electrons. The molecule has 162 valence electrons. The molecule has 0 unspecified atom stereocenters. The number of aromatic nitrogens is 1. The number of pyridine rings is 1. The average Bonchev–Trinajstić information content (AvgIpc) is 2.67. The van der Waals surface area contributed by atoms with Crippen molar-refractivity contribution >= 4 is 32.0 Å². The summed E-state index contributed by atoms with van der Waals surface area (Å²) in [6.07, 6.45) is 1.46. The Labute approximate surface area is 186 Å². The monoisotopic (exact) mass is 509 g/mol. The molecule has 0 spiro atoms. The second-order valence-electron chi connectivity index (χ2n) is 6.75. The van der Waals surface area contributed by atoms with Gasteiger partial charge in [-0.25, -0.2) is 26.7 Å². The highest BCUT2D eigenvalue weighted by Gasteiger charge is 2.24. The molecule has 0 saturated heterocycles. The maximum absolute atomic E-state index is 13.6. The molecule has 0 aliphatic carbocycles. The van der Waals surface area contributed by atoms with Gasteiger partial charge in [0.1, 0.15) is 11.6 Å². The first-order valence-electron chi connectivity index (χ1n) is 9.10. The van der Waals surface area contributed by atoms with E-state index in [1.165, 1.54) is 12.3 Å². The maximum atomic E-state index is 13.6. The van der Waals surface area contributed by atoms with Crippen LogP contribution in [0.4, 0.5) is 13.6 Å². The van der Waals surface area contributed by atoms with Crippen LogP contribution in [0, 0.1) is 18.6 Å². The lowest BCUT2D eigenvalue weighted by Crippen LogP contribution is -2.42. The van der Waals surface area contributed by atoms with E-state index in [1.54, 1.807) is 37.3 Å². The lowest BCUT2D eigenvalue weighted by Gasteiger charge is -2.20. The van der Waals surface area contributed by atoms with E-state index in [0.717, 1.165) is 18.2 Å². The number of carbonyl (C=O) groups excluding carboxylic acids is 1. The van der Waals surface area contributed by atoms with Crippen LogP contribution in [0.3, 0.4) is 0 Å². The number of hydrogen-bond donors (Lipinski definition) is 2. The van der Waals surface area contributed by atoms with Crippen molar-refractivity contribution in [2.24, 2.45) is 0 Å². The van der Waals surface area contributed by atoms with Gasteiger partial charge in [0.15, 0.2) is 0 Å². The summed E-state index contributed by atoms with van der Waals surface area (Å²) in [5, 5.41) is 2.54. The van der Waals surface area contributed by atoms with Gasteiger partial charge in [-0.1, -0.05) is 18.2 Å². The Kier molecular flexibility index (Phi) is 7.01. The van der Waals surface area contributed by atoms with Gasteiger partial charge in [0, 0.05) is 16.7 Å². The molecule has 0 aliphatic rings. The Bertz CT molecular complexity index is 1200. The molecule has 10 heteroatoms. The predicted octanol–water partition coefficient (Wildman–Crippen LogP) is 4.40. The summed E-state index contributed by atoms with van der Waals surface area (Å²) < 4.78 is 55.0. The molecule has 0 bridgehead atoms. The zero-order chi connectivity index (χ0) is 22.6. The van der Waals surface area contributed by atoms with Crippen molar-refractivity contribution in [2.45, 2.75) is 24.3 Å². The van der Waals surface area contributed by atoms with Crippen molar-refractivity contribution in [1.82, 2.24) is 15.0 Å². The van der Waals surface area contributed by atoms with Gasteiger partial charge in [0.25, 0.3) is 10.0 Å². The Morgan fingerprint density at radius 1 is 1.10 bits per heavy atom. The summed E-state index contributed by atoms with van der Waals surface area (Å²) in [7, 11) is -4.13. The summed E-state index contributed by atoms with van der Waals surface area (Å²) in [5.74, 6) is -1.53. The number of carbonyl (C=O) groups is 1. The number of hydrogen-bond acceptors (Lipinski definition) is 4. The van der Waals surface area contributed by atoms with Crippen LogP contribution < -0.4 is 10.0 Å². The quantitative estimate of drug-likeness (QED) is 0.515. The molecular weight excluding hydrogens is 492 g/mol. The highest BCUT2D eigenvalue weighted by atomic mass is 79.9. The van der Waals surface area contributed by atoms with E-state index < -0.39 is 33.7 Å². The van der Waals surface area contributed by atoms with Gasteiger partial charge in [-0.05, 0) is 70.7 Å². The van der Waals surface area contributed by atoms with E-state index in [1.807, 2.05) is 4.72 Å². The van der Waals surface area contributed by atoms with Crippen molar-refractivity contribution in [2.75, 3.05) is 0 Å². The number of sulfonamides is 1. The maximum Gasteiger partial charge on any atom is 0.329 e. The number of rotatable bonds is 6. The van der Waals surface area contributed by atoms with Gasteiger partial charge in [-0.2, -0.15) is 0 Å². The SMILES string of the molecule is Cc1ccccc1S(=O)(=O)NC(=O)N[C@H](Cc1cc(F)cc(F)c1)c1ncccc1Br. The average molecular weight is 510 g/mol. The zero-order valence-corrected chi connectivity index (χ0v) is 18.7. The van der Waals surface area contributed by atoms with Gasteiger partial charge in [-0.3, -0.25) is 4.98 Å². The lowest BCUT2D eigenvalue weighted by atomic mass is 10.0. The highest BCUT2D eigenvalue weighted by Crippen LogP contribution is 2.25. The standard InChI is InChI=1S/C21H18BrF2N3O3S/c1-13-5-2-3-7-19(13)31(29,30)27-21(28)26-18(20-17(22)6-4-8-25-20)11-14-9-15(23)12-16(24)10-14/h2-10,12,18H,11H2,1H3,(H2,26,27,28)/t18-/m1/s1. The van der Waals surface area contributed by atoms with Crippen molar-refractivity contribution in [3.05, 3.63) is 93.7 Å². The van der Waals surface area contributed by atoms with Gasteiger partial charge in [0.05, 0.1) is 16.6 Å². The number of amides is 2. The molecule has 1 aromatic heterocycles. The highest BCUT2D eigenvalue weighted by molar-refractivity contribution is 9.10. The number of nitrogens with one attached hydrogen (secondary N) is 2. The Morgan fingerprint density at radius 2 is 1.77 bits per heavy atom. The molecule has 1 atom stereocenters. The molecule has 31 heavy (non-hydrogen) atoms. The molecule has 1 heterocycles. The van der Waals surface area contributed by atoms with Crippen LogP contribution in [0.1, 0.15) is 22.9 Å². The van der Waals surface area contributed by atoms with Crippen molar-refractivity contribution in [3.63, 3.8) is 0 Å². The van der Waals surface area contributed by atoms with Gasteiger partial charge < -0.3 is 5.32 Å². The third kappa shape index (κ3) is 5.86. The van der Waals surface area contributed by atoms with E-state index in [-0.39, 0.29) is 16.9 Å². The van der Waals surface area contributed by atoms with E-state index in [4.69, 9.17) is 0 Å². The number of nitrogens with zero attached hydrogens (tertiary/aromatic N) is 1. The molecule has 0 aliphatic heterocycles. The molecule has 2 N–H and O–H groups in total. The number of aryl methyl sites for hydroxylation is 1. The third-order valence-electron chi connectivity index (χ3n) is 4.39. The first-order chi connectivity index (χ1) is 14.7. The molecule has 2 aromatic carbocycles. The summed E-state index contributed by atoms with van der Waals surface area (Å²) in [6.45, 7) is 1.61. The molecular formula is C21H18BrF2N3O3S. The minimum absolute atomic E-state index is 0.0257. The third-order valence-corrected chi connectivity index (χ3v) is 6.56. The molecule has 2 amide bonds. The number of urea groups is 1. The van der Waals surface area contributed by atoms with Crippen LogP contribution in [-0.4, -0.2) is 19.4 Å². The fraction of sp³-hybridized carbons (Fsp3) is 0.143. The van der Waals surface area contributed by atoms with E-state index >= 15 is 0 Å². The summed E-state index contributed by atoms with van der Waals surface area (Å²) in [6, 6.07) is 10.7. The fourth-order valence-corrected chi connectivity index (χ4v) is 4.75. The van der Waals surface area contributed by atoms with E-state index in [9.17, 15) is 22.0 Å². The number of halogens is 3. The first kappa shape index (κ1) is 22.8. The minimum Gasteiger partial charge on any atom is -0.329 e. The molecule has 0 fully saturated rings. The predicted molar refractivity (Wildman–Crippen MR) is 115 cm³/mol. The van der Waals surface area contributed by atoms with Crippen LogP contribution >= 0.6 is 15.9 Å². The molecule has 3 aromatic rings. The molecule has 0 saturated carbocycles. The van der Waals surface area contributed by atoms with E-state index in [2.05, 4.69) is 26.2 Å². The van der Waals surface area contributed by atoms with Crippen LogP contribution in [0.25, 0.3) is 0 Å². The van der Waals surface area contributed by atoms with Crippen molar-refractivity contribution < 1.29 is 22.0 Å². The zero-order valence-electron chi connectivity index (χ0n) is 16.3. The first-order valence-corrected chi connectivity index (χ1v) is 11.4. The second kappa shape index (κ2) is 9.52. The Morgan fingerprint density at radius 3 is 2.42 bits per heavy atom. The van der Waals surface area contributed by atoms with Gasteiger partial charge in [-0.15, -0.1) is 0 Å². The second-order valence-corrected chi connectivity index (χ2v) is 9.25. The summed E-state index contributed by atoms with van der Waals surface area (Å²) in [5.41, 5.74) is 1.11. The smallest absolute Gasteiger partial charge is 0.329 e. The van der Waals surface area contributed by atoms with Crippen LogP contribution in [0.2, 0.25) is 0 Å². The Hall–Kier alpha value is -2.85. The van der Waals surface area contributed by atoms with Crippen molar-refractivity contribution in [3.8, 4) is 0 Å². The largest absolute Gasteiger partial charge is 0.329 e. The summed E-state index contributed by atoms with van der Waals surface area (Å²) >= 11 is 3.34. The van der Waals surface area contributed by atoms with Crippen LogP contribution in [0.5, 0.6) is 0 Å². The van der Waals surface area contributed by atoms with Gasteiger partial charge in [0.2, 0.25) is 0 Å². The Balaban J connectivity index is 1.87. The normalized spacial score (nSPS) is 12.3. The fourth-order valence-electron chi connectivity index (χ4n) is 3.06. The molecule has 3 rings (SSSR count). The molecule has 6 nitrogen and oxygen atoms in total. The minimum atomic E-state index is -4.13. The number of benzene rings is 2. The lowest BCUT2D eigenvalue weighted by molar-refractivity contribution is 0.241. The van der Waals surface area contributed by atoms with E-state index in [0.29, 0.717) is 15.7 Å². The topological polar surface area (TPSA) is 88.2 Å². The van der Waals surface area contributed by atoms with Crippen molar-refractivity contribution in [1.29, 1.82) is 0 Å². The van der Waals surface area contributed by atoms with Gasteiger partial charge >= 0.3 is 6.03 Å². The summed E-state index contributed by atoms with van der Waals surface area (Å²) in [4.78, 5) is 16.8. The van der Waals surface area contributed by atoms with Crippen LogP contribution in [0.15, 0.2) is 70.2 Å².